The predicted molar refractivity (Wildman–Crippen MR) is 186 cm³/mol. The van der Waals surface area contributed by atoms with Crippen molar-refractivity contribution in [1.29, 1.82) is 0 Å². The Balaban J connectivity index is 1.43. The van der Waals surface area contributed by atoms with E-state index in [1.165, 1.54) is 30.3 Å². The molecule has 8 nitrogen and oxygen atoms in total. The molecule has 12 heteroatoms. The van der Waals surface area contributed by atoms with Gasteiger partial charge in [-0.15, -0.1) is 0 Å². The third kappa shape index (κ3) is 9.19. The van der Waals surface area contributed by atoms with Crippen molar-refractivity contribution in [2.75, 3.05) is 18.0 Å². The molecule has 0 atom stereocenters. The summed E-state index contributed by atoms with van der Waals surface area (Å²) in [5, 5.41) is 0. The molecule has 0 bridgehead atoms. The van der Waals surface area contributed by atoms with Crippen molar-refractivity contribution in [2.24, 2.45) is 0 Å². The first-order valence-corrected chi connectivity index (χ1v) is 20.8. The molecule has 0 aliphatic heterocycles. The summed E-state index contributed by atoms with van der Waals surface area (Å²) in [7, 11) is -8.58. The van der Waals surface area contributed by atoms with E-state index in [1.807, 2.05) is 67.6 Å². The summed E-state index contributed by atoms with van der Waals surface area (Å²) < 4.78 is 83.6. The Morgan fingerprint density at radius 3 is 1.92 bits per heavy atom. The molecule has 1 aliphatic carbocycles. The van der Waals surface area contributed by atoms with Crippen LogP contribution in [0.3, 0.4) is 0 Å². The minimum atomic E-state index is -4.31. The van der Waals surface area contributed by atoms with Crippen LogP contribution in [-0.2, 0) is 31.2 Å². The number of alkyl halides is 1. The van der Waals surface area contributed by atoms with Gasteiger partial charge in [0, 0.05) is 0 Å². The van der Waals surface area contributed by atoms with Crippen molar-refractivity contribution in [3.05, 3.63) is 155 Å². The van der Waals surface area contributed by atoms with Crippen molar-refractivity contribution < 1.29 is 54.6 Å². The predicted octanol–water partition coefficient (Wildman–Crippen LogP) is 3.95. The second kappa shape index (κ2) is 15.7. The van der Waals surface area contributed by atoms with Crippen LogP contribution in [0.15, 0.2) is 137 Å². The number of hydrogen-bond acceptors (Lipinski definition) is 5. The van der Waals surface area contributed by atoms with Gasteiger partial charge < -0.3 is 0 Å². The topological polar surface area (TPSA) is 115 Å². The first-order valence-electron chi connectivity index (χ1n) is 15.4. The standard InChI is InChI=1S/C37H36FIN2O6S2/c1-3-40(26-28-10-8-12-34(24-28)49(45,46)47)31-19-15-29(16-20-31)37(35-13-5-6-14-36(35)38)30-17-21-32(22-18-30)41(4-2)39-25-27-9-7-11-33(23-27)48(42,43)44/h5-24H,3-4,25-26H2,1-2H3,(H,42,43,44)(H,45,46,47). The summed E-state index contributed by atoms with van der Waals surface area (Å²) in [6.07, 6.45) is 8.00. The molecule has 49 heavy (non-hydrogen) atoms. The molecule has 2 N–H and O–H groups in total. The summed E-state index contributed by atoms with van der Waals surface area (Å²) in [6.45, 7) is 5.88. The quantitative estimate of drug-likeness (QED) is 0.0965. The van der Waals surface area contributed by atoms with Crippen LogP contribution >= 0.6 is 0 Å². The van der Waals surface area contributed by atoms with Crippen LogP contribution in [0.2, 0.25) is 0 Å². The molecular weight excluding hydrogens is 778 g/mol. The molecule has 0 amide bonds. The maximum absolute atomic E-state index is 15.3. The number of anilines is 1. The van der Waals surface area contributed by atoms with Gasteiger partial charge in [0.1, 0.15) is 0 Å². The van der Waals surface area contributed by atoms with Crippen molar-refractivity contribution in [2.45, 2.75) is 34.6 Å². The molecule has 5 rings (SSSR count). The number of allylic oxidation sites excluding steroid dienone is 5. The van der Waals surface area contributed by atoms with Crippen molar-refractivity contribution in [3.63, 3.8) is 0 Å². The van der Waals surface area contributed by atoms with Gasteiger partial charge in [0.15, 0.2) is 0 Å². The van der Waals surface area contributed by atoms with Gasteiger partial charge in [0.25, 0.3) is 10.1 Å². The van der Waals surface area contributed by atoms with Crippen molar-refractivity contribution in [3.8, 4) is 0 Å². The maximum atomic E-state index is 15.3. The Kier molecular flexibility index (Phi) is 11.7. The average Bonchev–Trinajstić information content (AvgIpc) is 3.09. The second-order valence-electron chi connectivity index (χ2n) is 11.1. The van der Waals surface area contributed by atoms with Gasteiger partial charge in [-0.25, -0.2) is 0 Å². The molecule has 0 heterocycles. The first-order chi connectivity index (χ1) is 23.4. The molecule has 0 saturated carbocycles. The van der Waals surface area contributed by atoms with E-state index in [0.29, 0.717) is 23.1 Å². The molecule has 1 aliphatic rings. The third-order valence-electron chi connectivity index (χ3n) is 7.88. The Morgan fingerprint density at radius 1 is 0.755 bits per heavy atom. The van der Waals surface area contributed by atoms with Crippen LogP contribution in [0, 0.1) is 5.82 Å². The summed E-state index contributed by atoms with van der Waals surface area (Å²) in [5.41, 5.74) is 6.34. The molecule has 4 aromatic carbocycles. The number of benzene rings is 4. The van der Waals surface area contributed by atoms with Gasteiger partial charge >= 0.3 is 235 Å². The van der Waals surface area contributed by atoms with Crippen LogP contribution < -0.4 is 26.4 Å². The van der Waals surface area contributed by atoms with Gasteiger partial charge in [0.2, 0.25) is 0 Å². The molecule has 0 unspecified atom stereocenters. The van der Waals surface area contributed by atoms with Crippen molar-refractivity contribution in [1.82, 2.24) is 0 Å². The summed E-state index contributed by atoms with van der Waals surface area (Å²) >= 11 is -0.564. The van der Waals surface area contributed by atoms with Crippen LogP contribution in [0.4, 0.5) is 10.1 Å². The zero-order valence-electron chi connectivity index (χ0n) is 26.9. The summed E-state index contributed by atoms with van der Waals surface area (Å²) in [4.78, 5) is 1.81. The van der Waals surface area contributed by atoms with Crippen LogP contribution in [0.1, 0.15) is 36.1 Å². The van der Waals surface area contributed by atoms with Gasteiger partial charge in [-0.3, -0.25) is 4.55 Å². The van der Waals surface area contributed by atoms with E-state index in [-0.39, 0.29) is 15.6 Å². The van der Waals surface area contributed by atoms with E-state index in [2.05, 4.69) is 14.6 Å². The fourth-order valence-corrected chi connectivity index (χ4v) is 9.03. The van der Waals surface area contributed by atoms with Crippen LogP contribution in [-0.4, -0.2) is 47.5 Å². The van der Waals surface area contributed by atoms with E-state index < -0.39 is 41.7 Å². The van der Waals surface area contributed by atoms with E-state index in [9.17, 15) is 25.9 Å². The monoisotopic (exact) mass is 814 g/mol. The molecule has 256 valence electrons. The fraction of sp³-hybridized carbons (Fsp3) is 0.162. The van der Waals surface area contributed by atoms with E-state index >= 15 is 4.39 Å². The molecule has 0 radical (unpaired) electrons. The number of nitrogens with zero attached hydrogens (tertiary/aromatic N) is 2. The second-order valence-corrected chi connectivity index (χ2v) is 16.6. The van der Waals surface area contributed by atoms with Gasteiger partial charge in [0.05, 0.1) is 4.90 Å². The zero-order chi connectivity index (χ0) is 35.2. The van der Waals surface area contributed by atoms with E-state index in [0.717, 1.165) is 45.8 Å². The minimum absolute atomic E-state index is 0.112. The molecule has 0 spiro atoms. The normalized spacial score (nSPS) is 13.2. The number of rotatable bonds is 12. The molecular formula is C37H36FIN2O6S2. The first kappa shape index (κ1) is 36.3. The Hall–Kier alpha value is -3.95. The van der Waals surface area contributed by atoms with Gasteiger partial charge in [-0.1, -0.05) is 12.1 Å². The van der Waals surface area contributed by atoms with Crippen LogP contribution in [0.25, 0.3) is 5.57 Å². The average molecular weight is 815 g/mol. The van der Waals surface area contributed by atoms with Gasteiger partial charge in [-0.05, 0) is 24.6 Å². The van der Waals surface area contributed by atoms with Crippen LogP contribution in [0.5, 0.6) is 0 Å². The SMILES string of the molecule is CCN(Cc1cccc(S(=O)(=O)O)c1)c1ccc(C(=C2C=CC(=[N+](CC)[I-]Cc3cccc(S(=O)(=O)O)c3)C=C2)c2ccccc2F)cc1. The van der Waals surface area contributed by atoms with E-state index in [4.69, 9.17) is 0 Å². The molecule has 0 aromatic heterocycles. The van der Waals surface area contributed by atoms with Crippen molar-refractivity contribution >= 4 is 37.2 Å². The Labute approximate surface area is 297 Å². The molecule has 0 saturated heterocycles. The van der Waals surface area contributed by atoms with Gasteiger partial charge in [-0.2, -0.15) is 8.42 Å². The molecule has 0 fully saturated rings. The summed E-state index contributed by atoms with van der Waals surface area (Å²) in [5.74, 6) is -0.340. The number of hydrogen-bond donors (Lipinski definition) is 2. The summed E-state index contributed by atoms with van der Waals surface area (Å²) in [6, 6.07) is 27.1. The molecule has 4 aromatic rings. The number of halogens is 2. The Bertz CT molecular complexity index is 2180. The van der Waals surface area contributed by atoms with E-state index in [1.54, 1.807) is 30.3 Å². The fourth-order valence-electron chi connectivity index (χ4n) is 5.45. The Morgan fingerprint density at radius 2 is 1.35 bits per heavy atom. The zero-order valence-corrected chi connectivity index (χ0v) is 30.7. The third-order valence-corrected chi connectivity index (χ3v) is 12.9.